The Balaban J connectivity index is 1.36. The Morgan fingerprint density at radius 2 is 0.750 bits per heavy atom. The summed E-state index contributed by atoms with van der Waals surface area (Å²) in [6.45, 7) is 1.61. The molecule has 0 fully saturated rings. The zero-order valence-corrected chi connectivity index (χ0v) is 15.6. The van der Waals surface area contributed by atoms with E-state index < -0.39 is 0 Å². The Bertz CT molecular complexity index is 915. The van der Waals surface area contributed by atoms with Gasteiger partial charge in [-0.3, -0.25) is 0 Å². The van der Waals surface area contributed by atoms with Crippen molar-refractivity contribution in [3.05, 3.63) is 110 Å². The highest BCUT2D eigenvalue weighted by molar-refractivity contribution is 5.76. The molecule has 0 aromatic heterocycles. The van der Waals surface area contributed by atoms with Crippen LogP contribution in [0.4, 0.5) is 22.7 Å². The monoisotopic (exact) mass is 366 g/mol. The number of nitrogens with zero attached hydrogens (tertiary/aromatic N) is 4. The molecule has 3 aromatic carbocycles. The van der Waals surface area contributed by atoms with Crippen LogP contribution in [0.25, 0.3) is 0 Å². The molecule has 138 valence electrons. The summed E-state index contributed by atoms with van der Waals surface area (Å²) in [6.07, 6.45) is 8.59. The molecule has 28 heavy (non-hydrogen) atoms. The Morgan fingerprint density at radius 1 is 0.393 bits per heavy atom. The van der Waals surface area contributed by atoms with E-state index in [9.17, 15) is 0 Å². The number of benzene rings is 3. The molecule has 5 rings (SSSR count). The van der Waals surface area contributed by atoms with Crippen molar-refractivity contribution in [1.29, 1.82) is 0 Å². The van der Waals surface area contributed by atoms with Gasteiger partial charge in [-0.2, -0.15) is 0 Å². The quantitative estimate of drug-likeness (QED) is 0.629. The zero-order chi connectivity index (χ0) is 18.8. The third-order valence-electron chi connectivity index (χ3n) is 5.14. The van der Waals surface area contributed by atoms with Crippen LogP contribution >= 0.6 is 0 Å². The predicted octanol–water partition coefficient (Wildman–Crippen LogP) is 5.20. The molecule has 4 nitrogen and oxygen atoms in total. The minimum Gasteiger partial charge on any atom is -0.328 e. The maximum Gasteiger partial charge on any atom is 0.0990 e. The number of anilines is 4. The number of hydrogen-bond acceptors (Lipinski definition) is 4. The van der Waals surface area contributed by atoms with E-state index in [4.69, 9.17) is 0 Å². The van der Waals surface area contributed by atoms with Crippen LogP contribution < -0.4 is 19.6 Å². The molecule has 0 atom stereocenters. The van der Waals surface area contributed by atoms with Crippen molar-refractivity contribution >= 4 is 22.7 Å². The summed E-state index contributed by atoms with van der Waals surface area (Å²) >= 11 is 0. The van der Waals surface area contributed by atoms with Crippen LogP contribution in [0.5, 0.6) is 0 Å². The molecule has 0 amide bonds. The second-order valence-corrected chi connectivity index (χ2v) is 6.92. The second-order valence-electron chi connectivity index (χ2n) is 6.92. The lowest BCUT2D eigenvalue weighted by Gasteiger charge is -2.28. The Kier molecular flexibility index (Phi) is 4.22. The van der Waals surface area contributed by atoms with Crippen LogP contribution in [0.2, 0.25) is 0 Å². The van der Waals surface area contributed by atoms with Gasteiger partial charge in [0, 0.05) is 36.2 Å². The summed E-state index contributed by atoms with van der Waals surface area (Å²) in [7, 11) is 0. The lowest BCUT2D eigenvalue weighted by Crippen LogP contribution is -2.28. The van der Waals surface area contributed by atoms with Gasteiger partial charge in [-0.15, -0.1) is 0 Å². The molecule has 4 heteroatoms. The van der Waals surface area contributed by atoms with Gasteiger partial charge in [0.2, 0.25) is 0 Å². The molecular weight excluding hydrogens is 344 g/mol. The van der Waals surface area contributed by atoms with E-state index in [2.05, 4.69) is 129 Å². The molecule has 0 aliphatic carbocycles. The fourth-order valence-corrected chi connectivity index (χ4v) is 3.68. The van der Waals surface area contributed by atoms with E-state index in [1.807, 2.05) is 0 Å². The molecule has 0 unspecified atom stereocenters. The first kappa shape index (κ1) is 16.5. The molecule has 3 aromatic rings. The van der Waals surface area contributed by atoms with Crippen LogP contribution in [0.1, 0.15) is 0 Å². The summed E-state index contributed by atoms with van der Waals surface area (Å²) in [4.78, 5) is 9.10. The van der Waals surface area contributed by atoms with E-state index in [-0.39, 0.29) is 0 Å². The smallest absolute Gasteiger partial charge is 0.0990 e. The Hall–Kier alpha value is -3.66. The molecule has 0 saturated carbocycles. The lowest BCUT2D eigenvalue weighted by molar-refractivity contribution is 0.948. The van der Waals surface area contributed by atoms with E-state index in [0.717, 1.165) is 13.3 Å². The maximum atomic E-state index is 2.29. The maximum absolute atomic E-state index is 2.29. The van der Waals surface area contributed by atoms with E-state index in [0.29, 0.717) is 0 Å². The first-order valence-electron chi connectivity index (χ1n) is 9.51. The summed E-state index contributed by atoms with van der Waals surface area (Å²) in [5, 5.41) is 0. The Labute approximate surface area is 165 Å². The average Bonchev–Trinajstić information content (AvgIpc) is 3.45. The SMILES string of the molecule is C1=CN(c2ccccc2N2C=CN(c3ccccc3)C2)CN1c1ccccc1. The largest absolute Gasteiger partial charge is 0.328 e. The van der Waals surface area contributed by atoms with Crippen molar-refractivity contribution in [3.63, 3.8) is 0 Å². The number of rotatable bonds is 4. The first-order valence-corrected chi connectivity index (χ1v) is 9.51. The van der Waals surface area contributed by atoms with Crippen molar-refractivity contribution in [2.24, 2.45) is 0 Å². The molecule has 0 spiro atoms. The summed E-state index contributed by atoms with van der Waals surface area (Å²) in [5.74, 6) is 0. The predicted molar refractivity (Wildman–Crippen MR) is 117 cm³/mol. The highest BCUT2D eigenvalue weighted by Crippen LogP contribution is 2.34. The van der Waals surface area contributed by atoms with Crippen LogP contribution in [0.3, 0.4) is 0 Å². The average molecular weight is 366 g/mol. The minimum absolute atomic E-state index is 0.807. The van der Waals surface area contributed by atoms with Crippen LogP contribution in [0.15, 0.2) is 110 Å². The van der Waals surface area contributed by atoms with Gasteiger partial charge < -0.3 is 19.6 Å². The van der Waals surface area contributed by atoms with Crippen molar-refractivity contribution in [2.75, 3.05) is 32.9 Å². The minimum atomic E-state index is 0.807. The molecule has 0 bridgehead atoms. The summed E-state index contributed by atoms with van der Waals surface area (Å²) in [5.41, 5.74) is 4.82. The normalized spacial score (nSPS) is 15.7. The van der Waals surface area contributed by atoms with Crippen molar-refractivity contribution in [2.45, 2.75) is 0 Å². The van der Waals surface area contributed by atoms with Gasteiger partial charge in [0.1, 0.15) is 0 Å². The zero-order valence-electron chi connectivity index (χ0n) is 15.6. The third kappa shape index (κ3) is 3.09. The number of para-hydroxylation sites is 4. The molecule has 2 aliphatic rings. The first-order chi connectivity index (χ1) is 13.9. The highest BCUT2D eigenvalue weighted by atomic mass is 15.4. The van der Waals surface area contributed by atoms with Gasteiger partial charge in [-0.25, -0.2) is 0 Å². The van der Waals surface area contributed by atoms with Crippen molar-refractivity contribution < 1.29 is 0 Å². The van der Waals surface area contributed by atoms with Crippen LogP contribution in [-0.4, -0.2) is 13.3 Å². The van der Waals surface area contributed by atoms with Gasteiger partial charge >= 0.3 is 0 Å². The molecule has 0 N–H and O–H groups in total. The molecule has 2 aliphatic heterocycles. The number of hydrogen-bond donors (Lipinski definition) is 0. The Morgan fingerprint density at radius 3 is 1.18 bits per heavy atom. The highest BCUT2D eigenvalue weighted by Gasteiger charge is 2.22. The van der Waals surface area contributed by atoms with Crippen molar-refractivity contribution in [1.82, 2.24) is 0 Å². The van der Waals surface area contributed by atoms with Gasteiger partial charge in [-0.1, -0.05) is 48.5 Å². The molecule has 2 heterocycles. The fourth-order valence-electron chi connectivity index (χ4n) is 3.68. The van der Waals surface area contributed by atoms with Crippen LogP contribution in [0, 0.1) is 0 Å². The van der Waals surface area contributed by atoms with Crippen LogP contribution in [-0.2, 0) is 0 Å². The topological polar surface area (TPSA) is 13.0 Å². The summed E-state index contributed by atoms with van der Waals surface area (Å²) < 4.78 is 0. The lowest BCUT2D eigenvalue weighted by atomic mass is 10.2. The van der Waals surface area contributed by atoms with E-state index in [1.54, 1.807) is 0 Å². The standard InChI is InChI=1S/C24H22N4/c1-3-9-21(10-4-1)25-15-17-27(19-25)23-13-7-8-14-24(23)28-18-16-26(20-28)22-11-5-2-6-12-22/h1-18H,19-20H2. The van der Waals surface area contributed by atoms with Gasteiger partial charge in [0.15, 0.2) is 0 Å². The van der Waals surface area contributed by atoms with E-state index >= 15 is 0 Å². The van der Waals surface area contributed by atoms with Gasteiger partial charge in [0.25, 0.3) is 0 Å². The van der Waals surface area contributed by atoms with Crippen molar-refractivity contribution in [3.8, 4) is 0 Å². The summed E-state index contributed by atoms with van der Waals surface area (Å²) in [6, 6.07) is 29.5. The molecule has 0 saturated heterocycles. The van der Waals surface area contributed by atoms with E-state index in [1.165, 1.54) is 22.7 Å². The second kappa shape index (κ2) is 7.16. The van der Waals surface area contributed by atoms with Gasteiger partial charge in [0.05, 0.1) is 24.7 Å². The third-order valence-corrected chi connectivity index (χ3v) is 5.14. The fraction of sp³-hybridized carbons (Fsp3) is 0.0833. The van der Waals surface area contributed by atoms with Gasteiger partial charge in [-0.05, 0) is 36.4 Å². The molecule has 0 radical (unpaired) electrons. The molecular formula is C24H22N4.